The number of fused-ring (bicyclic) bond motifs is 1. The molecule has 0 aliphatic carbocycles. The summed E-state index contributed by atoms with van der Waals surface area (Å²) < 4.78 is 33.1. The van der Waals surface area contributed by atoms with E-state index in [0.717, 1.165) is 5.56 Å². The molecule has 0 saturated carbocycles. The molecule has 3 aromatic carbocycles. The maximum absolute atomic E-state index is 13.2. The molecular weight excluding hydrogens is 454 g/mol. The van der Waals surface area contributed by atoms with Crippen LogP contribution >= 0.6 is 0 Å². The van der Waals surface area contributed by atoms with E-state index < -0.39 is 28.0 Å². The number of para-hydroxylation sites is 1. The topological polar surface area (TPSA) is 117 Å². The van der Waals surface area contributed by atoms with Gasteiger partial charge in [0.25, 0.3) is 15.9 Å². The van der Waals surface area contributed by atoms with Crippen molar-refractivity contribution >= 4 is 33.3 Å². The van der Waals surface area contributed by atoms with E-state index in [4.69, 9.17) is 10.00 Å². The molecule has 0 spiro atoms. The number of rotatable bonds is 6. The summed E-state index contributed by atoms with van der Waals surface area (Å²) in [6, 6.07) is 21.2. The van der Waals surface area contributed by atoms with Crippen molar-refractivity contribution in [3.05, 3.63) is 89.5 Å². The molecule has 0 aromatic heterocycles. The lowest BCUT2D eigenvalue weighted by Crippen LogP contribution is -2.30. The quantitative estimate of drug-likeness (QED) is 0.546. The Balaban J connectivity index is 1.47. The molecule has 1 unspecified atom stereocenters. The van der Waals surface area contributed by atoms with E-state index in [9.17, 15) is 18.0 Å². The van der Waals surface area contributed by atoms with Crippen LogP contribution in [0, 0.1) is 11.3 Å². The van der Waals surface area contributed by atoms with Crippen molar-refractivity contribution in [3.8, 4) is 6.07 Å². The Morgan fingerprint density at radius 3 is 2.62 bits per heavy atom. The number of carbonyl (C=O) groups is 2. The third-order valence-electron chi connectivity index (χ3n) is 5.41. The highest BCUT2D eigenvalue weighted by molar-refractivity contribution is 7.92. The lowest BCUT2D eigenvalue weighted by atomic mass is 10.2. The molecule has 34 heavy (non-hydrogen) atoms. The van der Waals surface area contributed by atoms with Crippen molar-refractivity contribution < 1.29 is 22.7 Å². The van der Waals surface area contributed by atoms with Crippen LogP contribution in [0.2, 0.25) is 0 Å². The van der Waals surface area contributed by atoms with Gasteiger partial charge in [-0.15, -0.1) is 0 Å². The fourth-order valence-electron chi connectivity index (χ4n) is 3.66. The molecule has 9 heteroatoms. The molecular formula is C25H21N3O5S. The summed E-state index contributed by atoms with van der Waals surface area (Å²) >= 11 is 0. The summed E-state index contributed by atoms with van der Waals surface area (Å²) in [5.41, 5.74) is 2.36. The predicted octanol–water partition coefficient (Wildman–Crippen LogP) is 3.49. The van der Waals surface area contributed by atoms with Gasteiger partial charge in [0.15, 0.2) is 6.10 Å². The van der Waals surface area contributed by atoms with Gasteiger partial charge in [-0.05, 0) is 61.4 Å². The summed E-state index contributed by atoms with van der Waals surface area (Å²) in [5, 5.41) is 11.6. The molecule has 1 amide bonds. The maximum Gasteiger partial charge on any atom is 0.338 e. The van der Waals surface area contributed by atoms with Gasteiger partial charge in [0.2, 0.25) is 0 Å². The van der Waals surface area contributed by atoms with E-state index in [-0.39, 0.29) is 10.5 Å². The Morgan fingerprint density at radius 2 is 1.82 bits per heavy atom. The maximum atomic E-state index is 13.2. The van der Waals surface area contributed by atoms with Crippen molar-refractivity contribution in [2.45, 2.75) is 24.3 Å². The van der Waals surface area contributed by atoms with E-state index in [1.807, 2.05) is 18.2 Å². The number of esters is 1. The van der Waals surface area contributed by atoms with Gasteiger partial charge in [-0.2, -0.15) is 5.26 Å². The SMILES string of the molecule is CC(OC(=O)c1cccc(S(=O)(=O)N2CCc3ccccc32)c1)C(=O)Nc1cccc(C#N)c1. The van der Waals surface area contributed by atoms with Gasteiger partial charge in [-0.25, -0.2) is 13.2 Å². The summed E-state index contributed by atoms with van der Waals surface area (Å²) in [5.74, 6) is -1.41. The first-order valence-electron chi connectivity index (χ1n) is 10.5. The molecule has 0 bridgehead atoms. The number of nitrogens with zero attached hydrogens (tertiary/aromatic N) is 2. The van der Waals surface area contributed by atoms with Crippen molar-refractivity contribution in [2.75, 3.05) is 16.2 Å². The van der Waals surface area contributed by atoms with Gasteiger partial charge in [0.1, 0.15) is 0 Å². The van der Waals surface area contributed by atoms with Crippen LogP contribution < -0.4 is 9.62 Å². The number of sulfonamides is 1. The number of nitriles is 1. The highest BCUT2D eigenvalue weighted by atomic mass is 32.2. The lowest BCUT2D eigenvalue weighted by molar-refractivity contribution is -0.123. The number of hydrogen-bond acceptors (Lipinski definition) is 6. The van der Waals surface area contributed by atoms with E-state index in [2.05, 4.69) is 5.32 Å². The number of benzene rings is 3. The van der Waals surface area contributed by atoms with Crippen LogP contribution in [0.1, 0.15) is 28.4 Å². The highest BCUT2D eigenvalue weighted by Gasteiger charge is 2.31. The molecule has 1 aliphatic rings. The minimum atomic E-state index is -3.88. The third kappa shape index (κ3) is 4.63. The third-order valence-corrected chi connectivity index (χ3v) is 7.22. The van der Waals surface area contributed by atoms with E-state index in [1.165, 1.54) is 41.6 Å². The smallest absolute Gasteiger partial charge is 0.338 e. The van der Waals surface area contributed by atoms with Gasteiger partial charge >= 0.3 is 5.97 Å². The fourth-order valence-corrected chi connectivity index (χ4v) is 5.21. The second-order valence-corrected chi connectivity index (χ2v) is 9.58. The summed E-state index contributed by atoms with van der Waals surface area (Å²) in [6.07, 6.45) is -0.537. The van der Waals surface area contributed by atoms with Crippen molar-refractivity contribution in [1.29, 1.82) is 5.26 Å². The molecule has 1 atom stereocenters. The largest absolute Gasteiger partial charge is 0.449 e. The molecule has 8 nitrogen and oxygen atoms in total. The summed E-state index contributed by atoms with van der Waals surface area (Å²) in [6.45, 7) is 1.73. The number of nitrogens with one attached hydrogen (secondary N) is 1. The van der Waals surface area contributed by atoms with Crippen LogP contribution in [-0.4, -0.2) is 32.9 Å². The van der Waals surface area contributed by atoms with Crippen molar-refractivity contribution in [1.82, 2.24) is 0 Å². The summed E-state index contributed by atoms with van der Waals surface area (Å²) in [7, 11) is -3.88. The number of ether oxygens (including phenoxy) is 1. The number of anilines is 2. The molecule has 0 saturated heterocycles. The molecule has 0 radical (unpaired) electrons. The van der Waals surface area contributed by atoms with Crippen LogP contribution in [-0.2, 0) is 26.0 Å². The summed E-state index contributed by atoms with van der Waals surface area (Å²) in [4.78, 5) is 25.0. The van der Waals surface area contributed by atoms with Crippen LogP contribution in [0.25, 0.3) is 0 Å². The van der Waals surface area contributed by atoms with Gasteiger partial charge in [-0.3, -0.25) is 9.10 Å². The first kappa shape index (κ1) is 23.0. The Hall–Kier alpha value is -4.16. The second kappa shape index (κ2) is 9.37. The van der Waals surface area contributed by atoms with E-state index in [1.54, 1.807) is 30.3 Å². The first-order valence-corrected chi connectivity index (χ1v) is 12.0. The molecule has 1 aliphatic heterocycles. The molecule has 0 fully saturated rings. The fraction of sp³-hybridized carbons (Fsp3) is 0.160. The molecule has 4 rings (SSSR count). The van der Waals surface area contributed by atoms with Crippen molar-refractivity contribution in [2.24, 2.45) is 0 Å². The van der Waals surface area contributed by atoms with Gasteiger partial charge in [0, 0.05) is 12.2 Å². The number of carbonyl (C=O) groups excluding carboxylic acids is 2. The molecule has 3 aromatic rings. The van der Waals surface area contributed by atoms with Gasteiger partial charge in [-0.1, -0.05) is 30.3 Å². The zero-order valence-electron chi connectivity index (χ0n) is 18.3. The monoisotopic (exact) mass is 475 g/mol. The van der Waals surface area contributed by atoms with Crippen LogP contribution in [0.5, 0.6) is 0 Å². The average Bonchev–Trinajstić information content (AvgIpc) is 3.29. The van der Waals surface area contributed by atoms with E-state index >= 15 is 0 Å². The van der Waals surface area contributed by atoms with Crippen molar-refractivity contribution in [3.63, 3.8) is 0 Å². The highest BCUT2D eigenvalue weighted by Crippen LogP contribution is 2.32. The van der Waals surface area contributed by atoms with Gasteiger partial charge in [0.05, 0.1) is 27.8 Å². The predicted molar refractivity (Wildman–Crippen MR) is 126 cm³/mol. The molecule has 1 N–H and O–H groups in total. The lowest BCUT2D eigenvalue weighted by Gasteiger charge is -2.20. The number of amides is 1. The van der Waals surface area contributed by atoms with Crippen LogP contribution in [0.3, 0.4) is 0 Å². The normalized spacial score (nSPS) is 13.5. The second-order valence-electron chi connectivity index (χ2n) is 7.71. The average molecular weight is 476 g/mol. The first-order chi connectivity index (χ1) is 16.3. The van der Waals surface area contributed by atoms with Crippen LogP contribution in [0.4, 0.5) is 11.4 Å². The minimum absolute atomic E-state index is 0.0136. The van der Waals surface area contributed by atoms with E-state index in [0.29, 0.717) is 29.9 Å². The standard InChI is InChI=1S/C25H21N3O5S/c1-17(24(29)27-21-9-4-6-18(14-21)16-26)33-25(30)20-8-5-10-22(15-20)34(31,32)28-13-12-19-7-2-3-11-23(19)28/h2-11,14-15,17H,12-13H2,1H3,(H,27,29). The Morgan fingerprint density at radius 1 is 1.06 bits per heavy atom. The minimum Gasteiger partial charge on any atom is -0.449 e. The molecule has 1 heterocycles. The zero-order chi connectivity index (χ0) is 24.3. The Kier molecular flexibility index (Phi) is 6.34. The number of hydrogen-bond donors (Lipinski definition) is 1. The van der Waals surface area contributed by atoms with Gasteiger partial charge < -0.3 is 10.1 Å². The van der Waals surface area contributed by atoms with Crippen LogP contribution in [0.15, 0.2) is 77.7 Å². The molecule has 172 valence electrons. The Bertz CT molecular complexity index is 1410. The Labute approximate surface area is 197 Å². The zero-order valence-corrected chi connectivity index (χ0v) is 19.1.